The number of fused-ring (bicyclic) bond motifs is 3. The number of benzene rings is 1. The van der Waals surface area contributed by atoms with Crippen LogP contribution >= 0.6 is 0 Å². The molecule has 2 aliphatic heterocycles. The van der Waals surface area contributed by atoms with Gasteiger partial charge in [0.2, 0.25) is 5.91 Å². The van der Waals surface area contributed by atoms with E-state index in [1.165, 1.54) is 6.07 Å². The second kappa shape index (κ2) is 5.05. The summed E-state index contributed by atoms with van der Waals surface area (Å²) in [5.74, 6) is -0.327. The van der Waals surface area contributed by atoms with Gasteiger partial charge in [0, 0.05) is 37.3 Å². The molecule has 1 N–H and O–H groups in total. The predicted molar refractivity (Wildman–Crippen MR) is 74.2 cm³/mol. The van der Waals surface area contributed by atoms with Crippen LogP contribution in [0.2, 0.25) is 0 Å². The first-order valence-corrected chi connectivity index (χ1v) is 7.10. The van der Waals surface area contributed by atoms with E-state index in [1.54, 1.807) is 11.0 Å². The normalized spacial score (nSPS) is 24.6. The Kier molecular flexibility index (Phi) is 3.38. The average molecular weight is 278 g/mol. The number of aliphatic hydroxyl groups excluding tert-OH is 1. The topological polar surface area (TPSA) is 43.8 Å². The number of likely N-dealkylation sites (N-methyl/N-ethyl adjacent to an activating group) is 1. The molecule has 0 bridgehead atoms. The molecule has 0 unspecified atom stereocenters. The fourth-order valence-electron chi connectivity index (χ4n) is 3.61. The van der Waals surface area contributed by atoms with E-state index in [0.717, 1.165) is 24.2 Å². The van der Waals surface area contributed by atoms with Gasteiger partial charge in [-0.15, -0.1) is 0 Å². The van der Waals surface area contributed by atoms with Crippen molar-refractivity contribution in [2.45, 2.75) is 25.3 Å². The third kappa shape index (κ3) is 1.97. The molecule has 1 fully saturated rings. The third-order valence-corrected chi connectivity index (χ3v) is 4.50. The van der Waals surface area contributed by atoms with Crippen LogP contribution in [0.3, 0.4) is 0 Å². The number of aliphatic hydroxyl groups is 1. The third-order valence-electron chi connectivity index (χ3n) is 4.50. The molecule has 1 saturated heterocycles. The van der Waals surface area contributed by atoms with E-state index in [9.17, 15) is 9.18 Å². The Morgan fingerprint density at radius 3 is 3.00 bits per heavy atom. The molecule has 1 amide bonds. The molecule has 0 aliphatic carbocycles. The summed E-state index contributed by atoms with van der Waals surface area (Å²) in [6.45, 7) is 3.75. The highest BCUT2D eigenvalue weighted by atomic mass is 19.1. The molecule has 3 rings (SSSR count). The summed E-state index contributed by atoms with van der Waals surface area (Å²) in [6.07, 6.45) is 0.862. The van der Waals surface area contributed by atoms with Crippen LogP contribution < -0.4 is 4.90 Å². The molecule has 0 aromatic heterocycles. The van der Waals surface area contributed by atoms with E-state index in [-0.39, 0.29) is 17.6 Å². The monoisotopic (exact) mass is 278 g/mol. The molecule has 1 aromatic carbocycles. The molecule has 0 spiro atoms. The molecule has 20 heavy (non-hydrogen) atoms. The summed E-state index contributed by atoms with van der Waals surface area (Å²) in [7, 11) is 0. The minimum Gasteiger partial charge on any atom is -0.387 e. The highest BCUT2D eigenvalue weighted by molar-refractivity contribution is 5.77. The van der Waals surface area contributed by atoms with Gasteiger partial charge in [0.1, 0.15) is 12.4 Å². The Labute approximate surface area is 117 Å². The van der Waals surface area contributed by atoms with Crippen molar-refractivity contribution in [3.63, 3.8) is 0 Å². The molecular formula is C15H19FN2O2. The number of hydrogen-bond donors (Lipinski definition) is 1. The molecule has 1 aromatic rings. The highest BCUT2D eigenvalue weighted by Crippen LogP contribution is 2.44. The molecular weight excluding hydrogens is 259 g/mol. The van der Waals surface area contributed by atoms with Gasteiger partial charge in [0.15, 0.2) is 0 Å². The SMILES string of the molecule is CCN1c2ccc(F)cc2[C@@H]2CN(C(=O)CO)CC[C@@H]21. The number of carbonyl (C=O) groups is 1. The maximum absolute atomic E-state index is 13.5. The summed E-state index contributed by atoms with van der Waals surface area (Å²) in [6, 6.07) is 5.26. The zero-order chi connectivity index (χ0) is 14.3. The van der Waals surface area contributed by atoms with Crippen molar-refractivity contribution in [2.24, 2.45) is 0 Å². The first kappa shape index (κ1) is 13.4. The van der Waals surface area contributed by atoms with Crippen molar-refractivity contribution in [3.8, 4) is 0 Å². The zero-order valence-electron chi connectivity index (χ0n) is 11.6. The van der Waals surface area contributed by atoms with Gasteiger partial charge in [0.25, 0.3) is 0 Å². The fourth-order valence-corrected chi connectivity index (χ4v) is 3.61. The molecule has 4 nitrogen and oxygen atoms in total. The van der Waals surface area contributed by atoms with Gasteiger partial charge in [-0.05, 0) is 37.1 Å². The van der Waals surface area contributed by atoms with E-state index >= 15 is 0 Å². The second-order valence-electron chi connectivity index (χ2n) is 5.45. The average Bonchev–Trinajstić information content (AvgIpc) is 2.78. The van der Waals surface area contributed by atoms with Crippen LogP contribution in [0.15, 0.2) is 18.2 Å². The van der Waals surface area contributed by atoms with Gasteiger partial charge in [-0.3, -0.25) is 4.79 Å². The number of rotatable bonds is 2. The van der Waals surface area contributed by atoms with Gasteiger partial charge in [-0.2, -0.15) is 0 Å². The van der Waals surface area contributed by atoms with Crippen LogP contribution in [0.1, 0.15) is 24.8 Å². The van der Waals surface area contributed by atoms with Gasteiger partial charge >= 0.3 is 0 Å². The molecule has 2 aliphatic rings. The summed E-state index contributed by atoms with van der Waals surface area (Å²) in [4.78, 5) is 15.7. The van der Waals surface area contributed by atoms with Crippen LogP contribution in [0.4, 0.5) is 10.1 Å². The van der Waals surface area contributed by atoms with Gasteiger partial charge in [-0.1, -0.05) is 0 Å². The highest BCUT2D eigenvalue weighted by Gasteiger charge is 2.42. The Morgan fingerprint density at radius 1 is 1.50 bits per heavy atom. The minimum atomic E-state index is -0.453. The lowest BCUT2D eigenvalue weighted by atomic mass is 9.89. The van der Waals surface area contributed by atoms with Crippen molar-refractivity contribution in [2.75, 3.05) is 31.1 Å². The van der Waals surface area contributed by atoms with Crippen molar-refractivity contribution >= 4 is 11.6 Å². The second-order valence-corrected chi connectivity index (χ2v) is 5.45. The quantitative estimate of drug-likeness (QED) is 0.888. The van der Waals surface area contributed by atoms with Crippen molar-refractivity contribution in [1.29, 1.82) is 0 Å². The molecule has 2 heterocycles. The van der Waals surface area contributed by atoms with E-state index < -0.39 is 6.61 Å². The lowest BCUT2D eigenvalue weighted by Crippen LogP contribution is -2.48. The van der Waals surface area contributed by atoms with Crippen LogP contribution in [0.25, 0.3) is 0 Å². The smallest absolute Gasteiger partial charge is 0.248 e. The number of amides is 1. The zero-order valence-corrected chi connectivity index (χ0v) is 11.6. The van der Waals surface area contributed by atoms with Gasteiger partial charge < -0.3 is 14.9 Å². The van der Waals surface area contributed by atoms with Crippen molar-refractivity contribution < 1.29 is 14.3 Å². The van der Waals surface area contributed by atoms with Crippen molar-refractivity contribution in [3.05, 3.63) is 29.6 Å². The molecule has 108 valence electrons. The van der Waals surface area contributed by atoms with Gasteiger partial charge in [0.05, 0.1) is 0 Å². The van der Waals surface area contributed by atoms with Crippen LogP contribution in [0, 0.1) is 5.82 Å². The predicted octanol–water partition coefficient (Wildman–Crippen LogP) is 1.34. The van der Waals surface area contributed by atoms with Crippen LogP contribution in [-0.4, -0.2) is 48.2 Å². The maximum atomic E-state index is 13.5. The number of likely N-dealkylation sites (tertiary alicyclic amines) is 1. The number of hydrogen-bond acceptors (Lipinski definition) is 3. The Morgan fingerprint density at radius 2 is 2.30 bits per heavy atom. The summed E-state index contributed by atoms with van der Waals surface area (Å²) in [5.41, 5.74) is 2.08. The number of halogens is 1. The standard InChI is InChI=1S/C15H19FN2O2/c1-2-18-13-4-3-10(16)7-11(13)12-8-17(15(20)9-19)6-5-14(12)18/h3-4,7,12,14,19H,2,5-6,8-9H2,1H3/t12-,14-/m0/s1. The number of nitrogens with zero attached hydrogens (tertiary/aromatic N) is 2. The minimum absolute atomic E-state index is 0.143. The lowest BCUT2D eigenvalue weighted by Gasteiger charge is -2.38. The fraction of sp³-hybridized carbons (Fsp3) is 0.533. The first-order valence-electron chi connectivity index (χ1n) is 7.10. The Bertz CT molecular complexity index is 535. The number of carbonyl (C=O) groups excluding carboxylic acids is 1. The number of anilines is 1. The molecule has 0 radical (unpaired) electrons. The molecule has 0 saturated carbocycles. The maximum Gasteiger partial charge on any atom is 0.248 e. The van der Waals surface area contributed by atoms with E-state index in [1.807, 2.05) is 6.07 Å². The Hall–Kier alpha value is -1.62. The van der Waals surface area contributed by atoms with E-state index in [2.05, 4.69) is 11.8 Å². The lowest BCUT2D eigenvalue weighted by molar-refractivity contribution is -0.135. The summed E-state index contributed by atoms with van der Waals surface area (Å²) >= 11 is 0. The van der Waals surface area contributed by atoms with E-state index in [0.29, 0.717) is 19.1 Å². The van der Waals surface area contributed by atoms with Crippen LogP contribution in [-0.2, 0) is 4.79 Å². The van der Waals surface area contributed by atoms with E-state index in [4.69, 9.17) is 5.11 Å². The summed E-state index contributed by atoms with van der Waals surface area (Å²) in [5, 5.41) is 9.00. The summed E-state index contributed by atoms with van der Waals surface area (Å²) < 4.78 is 13.5. The largest absolute Gasteiger partial charge is 0.387 e. The first-order chi connectivity index (χ1) is 9.65. The van der Waals surface area contributed by atoms with Crippen LogP contribution in [0.5, 0.6) is 0 Å². The molecule has 2 atom stereocenters. The van der Waals surface area contributed by atoms with Crippen molar-refractivity contribution in [1.82, 2.24) is 4.90 Å². The van der Waals surface area contributed by atoms with Gasteiger partial charge in [-0.25, -0.2) is 4.39 Å². The number of piperidine rings is 1. The Balaban J connectivity index is 1.94. The molecule has 5 heteroatoms.